The summed E-state index contributed by atoms with van der Waals surface area (Å²) in [6, 6.07) is 0. The van der Waals surface area contributed by atoms with Gasteiger partial charge in [0.05, 0.1) is 0 Å². The van der Waals surface area contributed by atoms with Crippen LogP contribution in [-0.4, -0.2) is 74.5 Å². The smallest absolute Gasteiger partial charge is 0.306 e. The van der Waals surface area contributed by atoms with E-state index in [0.29, 0.717) is 32.1 Å². The van der Waals surface area contributed by atoms with Crippen LogP contribution in [0.2, 0.25) is 0 Å². The number of carbonyl (C=O) groups excluding carboxylic acids is 6. The van der Waals surface area contributed by atoms with Crippen molar-refractivity contribution in [2.45, 2.75) is 489 Å². The molecule has 0 aliphatic rings. The van der Waals surface area contributed by atoms with Crippen LogP contribution in [0.25, 0.3) is 0 Å². The zero-order valence-corrected chi connectivity index (χ0v) is 70.0. The van der Waals surface area contributed by atoms with Crippen molar-refractivity contribution in [2.24, 2.45) is 0 Å². The lowest BCUT2D eigenvalue weighted by atomic mass is 10.0. The second-order valence-corrected chi connectivity index (χ2v) is 31.0. The zero-order chi connectivity index (χ0) is 76.8. The highest BCUT2D eigenvalue weighted by molar-refractivity contribution is 5.72. The predicted molar refractivity (Wildman–Crippen MR) is 446 cm³/mol. The van der Waals surface area contributed by atoms with Gasteiger partial charge in [-0.2, -0.15) is 0 Å². The average Bonchev–Trinajstić information content (AvgIpc) is 0.992. The van der Waals surface area contributed by atoms with E-state index in [2.05, 4.69) is 76.3 Å². The van der Waals surface area contributed by atoms with E-state index >= 15 is 0 Å². The van der Waals surface area contributed by atoms with Crippen LogP contribution in [0.1, 0.15) is 477 Å². The third-order valence-electron chi connectivity index (χ3n) is 20.4. The van der Waals surface area contributed by atoms with E-state index in [1.807, 2.05) is 0 Å². The second-order valence-electron chi connectivity index (χ2n) is 31.0. The molecule has 0 N–H and O–H groups in total. The van der Waals surface area contributed by atoms with E-state index in [1.165, 1.54) is 218 Å². The SMILES string of the molecule is CCCCCCC/C=C/C/C=C\CCCCCCCC(=O)OC(COC(=O)CCCCCCC/C=C/CCCCCCCC(=O)OCC(COC(=O)CCCCCCCCCCCCCCCCC)OC(=O)CCCCCCC/C=C\CCCCCCCC)COC(=O)CCCCCCCCCCCCC. The molecule has 0 amide bonds. The van der Waals surface area contributed by atoms with Gasteiger partial charge in [-0.1, -0.05) is 365 Å². The first kappa shape index (κ1) is 102. The minimum Gasteiger partial charge on any atom is -0.462 e. The number of hydrogen-bond donors (Lipinski definition) is 0. The maximum Gasteiger partial charge on any atom is 0.306 e. The van der Waals surface area contributed by atoms with E-state index in [4.69, 9.17) is 28.4 Å². The molecule has 2 atom stereocenters. The molecule has 12 nitrogen and oxygen atoms in total. The predicted octanol–water partition coefficient (Wildman–Crippen LogP) is 28.6. The first-order valence-corrected chi connectivity index (χ1v) is 45.8. The molecule has 0 radical (unpaired) electrons. The number of allylic oxidation sites excluding steroid dienone is 8. The van der Waals surface area contributed by atoms with E-state index in [-0.39, 0.29) is 68.7 Å². The van der Waals surface area contributed by atoms with Crippen LogP contribution in [0, 0.1) is 0 Å². The third-order valence-corrected chi connectivity index (χ3v) is 20.4. The standard InChI is InChI=1S/C94H170O12/c1-5-9-13-17-21-25-29-32-35-36-39-46-52-58-64-70-76-82-94(100)105-87(83-101-89(95)77-71-65-59-53-47-28-24-20-16-12-8-4)84-102-91(97)79-73-67-61-55-49-43-40-41-44-50-56-62-68-74-80-92(98)104-86-88(106-93(99)81-75-69-63-57-51-45-38-34-31-27-23-19-15-11-7-3)85-103-90(96)78-72-66-60-54-48-42-37-33-30-26-22-18-14-10-6-2/h29,32,34,36,38-41,87-88H,5-28,30-31,33,35,37,42-86H2,1-4H3/b32-29+,38-34-,39-36-,41-40+. The maximum absolute atomic E-state index is 13.0. The van der Waals surface area contributed by atoms with Crippen molar-refractivity contribution >= 4 is 35.8 Å². The molecular formula is C94H170O12. The summed E-state index contributed by atoms with van der Waals surface area (Å²) in [6.07, 6.45) is 92.9. The molecule has 2 unspecified atom stereocenters. The minimum absolute atomic E-state index is 0.108. The Bertz CT molecular complexity index is 2040. The molecule has 0 fully saturated rings. The summed E-state index contributed by atoms with van der Waals surface area (Å²) in [6.45, 7) is 8.58. The molecule has 12 heteroatoms. The Hall–Kier alpha value is -4.22. The summed E-state index contributed by atoms with van der Waals surface area (Å²) in [5.74, 6) is -1.94. The van der Waals surface area contributed by atoms with Gasteiger partial charge in [-0.25, -0.2) is 0 Å². The molecule has 0 saturated carbocycles. The fraction of sp³-hybridized carbons (Fsp3) is 0.851. The van der Waals surface area contributed by atoms with Gasteiger partial charge in [0, 0.05) is 38.5 Å². The van der Waals surface area contributed by atoms with Crippen molar-refractivity contribution in [1.82, 2.24) is 0 Å². The lowest BCUT2D eigenvalue weighted by Gasteiger charge is -2.18. The number of unbranched alkanes of at least 4 members (excludes halogenated alkanes) is 55. The highest BCUT2D eigenvalue weighted by atomic mass is 16.6. The van der Waals surface area contributed by atoms with Crippen LogP contribution in [0.15, 0.2) is 48.6 Å². The number of rotatable bonds is 85. The number of carbonyl (C=O) groups is 6. The summed E-state index contributed by atoms with van der Waals surface area (Å²) >= 11 is 0. The fourth-order valence-corrected chi connectivity index (χ4v) is 13.5. The molecule has 0 rings (SSSR count). The summed E-state index contributed by atoms with van der Waals surface area (Å²) in [7, 11) is 0. The Morgan fingerprint density at radius 3 is 0.528 bits per heavy atom. The molecule has 0 spiro atoms. The van der Waals surface area contributed by atoms with Gasteiger partial charge in [0.25, 0.3) is 0 Å². The Balaban J connectivity index is 4.65. The topological polar surface area (TPSA) is 158 Å². The Morgan fingerprint density at radius 1 is 0.189 bits per heavy atom. The average molecular weight is 1490 g/mol. The van der Waals surface area contributed by atoms with Crippen LogP contribution in [0.5, 0.6) is 0 Å². The lowest BCUT2D eigenvalue weighted by Crippen LogP contribution is -2.30. The Labute approximate surface area is 654 Å². The molecule has 0 saturated heterocycles. The van der Waals surface area contributed by atoms with Crippen molar-refractivity contribution in [3.63, 3.8) is 0 Å². The number of ether oxygens (including phenoxy) is 6. The van der Waals surface area contributed by atoms with Gasteiger partial charge in [0.15, 0.2) is 12.2 Å². The molecule has 0 bridgehead atoms. The highest BCUT2D eigenvalue weighted by Gasteiger charge is 2.22. The van der Waals surface area contributed by atoms with Crippen molar-refractivity contribution in [3.8, 4) is 0 Å². The quantitative estimate of drug-likeness (QED) is 0.0246. The van der Waals surface area contributed by atoms with E-state index in [9.17, 15) is 28.8 Å². The van der Waals surface area contributed by atoms with Gasteiger partial charge >= 0.3 is 35.8 Å². The Morgan fingerprint density at radius 2 is 0.340 bits per heavy atom. The molecule has 0 aromatic carbocycles. The van der Waals surface area contributed by atoms with Gasteiger partial charge in [0.2, 0.25) is 0 Å². The van der Waals surface area contributed by atoms with Gasteiger partial charge < -0.3 is 28.4 Å². The number of hydrogen-bond acceptors (Lipinski definition) is 12. The maximum atomic E-state index is 13.0. The van der Waals surface area contributed by atoms with Crippen molar-refractivity contribution in [1.29, 1.82) is 0 Å². The molecule has 0 heterocycles. The van der Waals surface area contributed by atoms with Crippen LogP contribution in [-0.2, 0) is 57.2 Å². The molecule has 618 valence electrons. The minimum atomic E-state index is -0.823. The first-order chi connectivity index (χ1) is 52.1. The fourth-order valence-electron chi connectivity index (χ4n) is 13.5. The van der Waals surface area contributed by atoms with E-state index < -0.39 is 12.2 Å². The van der Waals surface area contributed by atoms with Crippen molar-refractivity contribution in [2.75, 3.05) is 26.4 Å². The summed E-state index contributed by atoms with van der Waals surface area (Å²) in [5.41, 5.74) is 0. The van der Waals surface area contributed by atoms with Crippen LogP contribution < -0.4 is 0 Å². The molecule has 106 heavy (non-hydrogen) atoms. The monoisotopic (exact) mass is 1490 g/mol. The molecule has 0 aliphatic heterocycles. The molecule has 0 aliphatic carbocycles. The Kier molecular flexibility index (Phi) is 82.9. The lowest BCUT2D eigenvalue weighted by molar-refractivity contribution is -0.167. The summed E-state index contributed by atoms with van der Waals surface area (Å²) < 4.78 is 34.0. The van der Waals surface area contributed by atoms with Crippen molar-refractivity contribution in [3.05, 3.63) is 48.6 Å². The van der Waals surface area contributed by atoms with Crippen LogP contribution >= 0.6 is 0 Å². The van der Waals surface area contributed by atoms with Crippen molar-refractivity contribution < 1.29 is 57.2 Å². The number of esters is 6. The first-order valence-electron chi connectivity index (χ1n) is 45.8. The second kappa shape index (κ2) is 86.4. The van der Waals surface area contributed by atoms with Crippen LogP contribution in [0.4, 0.5) is 0 Å². The van der Waals surface area contributed by atoms with E-state index in [0.717, 1.165) is 193 Å². The zero-order valence-electron chi connectivity index (χ0n) is 70.0. The molecular weight excluding hydrogens is 1320 g/mol. The van der Waals surface area contributed by atoms with Gasteiger partial charge in [0.1, 0.15) is 26.4 Å². The van der Waals surface area contributed by atoms with Gasteiger partial charge in [-0.3, -0.25) is 28.8 Å². The van der Waals surface area contributed by atoms with E-state index in [1.54, 1.807) is 0 Å². The molecule has 0 aromatic rings. The van der Waals surface area contributed by atoms with Gasteiger partial charge in [-0.05, 0) is 122 Å². The highest BCUT2D eigenvalue weighted by Crippen LogP contribution is 2.20. The summed E-state index contributed by atoms with van der Waals surface area (Å²) in [5, 5.41) is 0. The van der Waals surface area contributed by atoms with Gasteiger partial charge in [-0.15, -0.1) is 0 Å². The molecule has 0 aromatic heterocycles. The largest absolute Gasteiger partial charge is 0.462 e. The summed E-state index contributed by atoms with van der Waals surface area (Å²) in [4.78, 5) is 77.2. The van der Waals surface area contributed by atoms with Crippen LogP contribution in [0.3, 0.4) is 0 Å². The normalized spacial score (nSPS) is 12.3. The third kappa shape index (κ3) is 82.3.